The Balaban J connectivity index is 0.000000159. The van der Waals surface area contributed by atoms with E-state index in [0.717, 1.165) is 101 Å². The van der Waals surface area contributed by atoms with Crippen molar-refractivity contribution in [2.45, 2.75) is 6.92 Å². The molecule has 9 aromatic carbocycles. The van der Waals surface area contributed by atoms with Crippen LogP contribution in [0.3, 0.4) is 0 Å². The second-order valence-electron chi connectivity index (χ2n) is 28.9. The Morgan fingerprint density at radius 3 is 1.05 bits per heavy atom. The molecule has 0 spiro atoms. The van der Waals surface area contributed by atoms with Gasteiger partial charge in [0.1, 0.15) is 88.4 Å². The van der Waals surface area contributed by atoms with Gasteiger partial charge in [0.15, 0.2) is 0 Å². The smallest absolute Gasteiger partial charge is 0.332 e. The van der Waals surface area contributed by atoms with Gasteiger partial charge in [0.2, 0.25) is 0 Å². The number of hydrogen-bond acceptors (Lipinski definition) is 24. The number of nitrogens with zero attached hydrogens (tertiary/aromatic N) is 15. The summed E-state index contributed by atoms with van der Waals surface area (Å²) in [7, 11) is 15.8. The van der Waals surface area contributed by atoms with Crippen molar-refractivity contribution in [1.29, 1.82) is 0 Å². The van der Waals surface area contributed by atoms with Gasteiger partial charge in [-0.25, -0.2) is 59.0 Å². The minimum absolute atomic E-state index is 0.324. The minimum Gasteiger partial charge on any atom is -0.497 e. The van der Waals surface area contributed by atoms with Crippen LogP contribution in [-0.2, 0) is 0 Å². The first-order chi connectivity index (χ1) is 59.8. The number of rotatable bonds is 24. The average Bonchev–Trinajstić information content (AvgIpc) is 0.768. The van der Waals surface area contributed by atoms with Crippen LogP contribution >= 0.6 is 23.2 Å². The maximum Gasteiger partial charge on any atom is 0.332 e. The number of methoxy groups -OCH3 is 6. The standard InChI is InChI=1S/C31H35N7O3.2C30H32ClN7O3/c1-22-7-5-6-8-26(22)35-31(39)38(27-14-13-25(40-3)19-28(27)41-4)30-20-29(32-21-33-30)34-23-9-11-24(12-10-23)37-17-15-36(2)16-18-37;1-36-14-16-37(17-15-36)21-8-10-22(11-9-21)38(30(39)35-25-7-5-4-6-24(25)31)29-19-28(32-20-33-29)34-26-13-12-23(40-2)18-27(26)41-3;1-36-14-16-37(17-15-36)22-10-8-21(9-11-22)34-28-19-29(33-20-32-28)38(26-13-12-23(40-2)18-27(26)41-3)30(39)35-25-7-5-4-6-24(25)31/h5-14,19-21H,15-18H2,1-4H3,(H,35,39)(H,32,33,34);2*4-13,18-20H,14-17H2,1-3H3,(H,35,39)(H,32,33,34). The zero-order chi connectivity index (χ0) is 86.3. The highest BCUT2D eigenvalue weighted by Gasteiger charge is 2.29. The molecule has 3 aromatic heterocycles. The molecule has 3 aliphatic heterocycles. The number of urea groups is 3. The molecule has 32 heteroatoms. The molecule has 12 aromatic rings. The number of carbonyl (C=O) groups is 3. The van der Waals surface area contributed by atoms with Gasteiger partial charge in [-0.1, -0.05) is 65.7 Å². The monoisotopic (exact) mass is 1700 g/mol. The first kappa shape index (κ1) is 86.9. The molecule has 0 bridgehead atoms. The van der Waals surface area contributed by atoms with Gasteiger partial charge in [0, 0.05) is 149 Å². The topological polar surface area (TPSA) is 285 Å². The first-order valence-corrected chi connectivity index (χ1v) is 40.5. The van der Waals surface area contributed by atoms with Crippen LogP contribution in [0.25, 0.3) is 0 Å². The summed E-state index contributed by atoms with van der Waals surface area (Å²) in [4.78, 5) is 86.3. The van der Waals surface area contributed by atoms with Gasteiger partial charge in [-0.3, -0.25) is 0 Å². The molecule has 0 saturated carbocycles. The van der Waals surface area contributed by atoms with E-state index in [2.05, 4.69) is 137 Å². The molecule has 6 heterocycles. The molecule has 123 heavy (non-hydrogen) atoms. The van der Waals surface area contributed by atoms with Crippen LogP contribution < -0.4 is 89.7 Å². The normalized spacial score (nSPS) is 13.4. The molecule has 0 aliphatic carbocycles. The number of piperazine rings is 3. The molecule has 6 N–H and O–H groups in total. The fourth-order valence-corrected chi connectivity index (χ4v) is 14.2. The molecule has 3 fully saturated rings. The number of halogens is 2. The van der Waals surface area contributed by atoms with Crippen molar-refractivity contribution in [3.8, 4) is 34.5 Å². The SMILES string of the molecule is COc1ccc(N(C(=O)Nc2ccccc2C)c2cc(Nc3ccc(N4CCN(C)CC4)cc3)ncn2)c(OC)c1.COc1ccc(N(C(=O)Nc2ccccc2Cl)c2cc(Nc3ccc(N4CCN(C)CC4)cc3)ncn2)c(OC)c1.COc1ccc(Nc2cc(N(C(=O)Nc3ccccc3Cl)c3ccc(N4CCN(C)CC4)cc3)ncn2)c(OC)c1. The summed E-state index contributed by atoms with van der Waals surface area (Å²) in [6, 6.07) is 65.8. The predicted octanol–water partition coefficient (Wildman–Crippen LogP) is 17.7. The lowest BCUT2D eigenvalue weighted by molar-refractivity contribution is 0.258. The predicted molar refractivity (Wildman–Crippen MR) is 491 cm³/mol. The fraction of sp³-hybridized carbons (Fsp3) is 0.242. The molecule has 0 radical (unpaired) electrons. The Morgan fingerprint density at radius 1 is 0.333 bits per heavy atom. The maximum absolute atomic E-state index is 13.8. The Kier molecular flexibility index (Phi) is 29.6. The van der Waals surface area contributed by atoms with E-state index in [0.29, 0.717) is 119 Å². The van der Waals surface area contributed by atoms with Crippen molar-refractivity contribution in [2.24, 2.45) is 0 Å². The van der Waals surface area contributed by atoms with E-state index in [9.17, 15) is 14.4 Å². The molecule has 3 saturated heterocycles. The van der Waals surface area contributed by atoms with E-state index >= 15 is 0 Å². The second-order valence-corrected chi connectivity index (χ2v) is 29.7. The molecule has 0 atom stereocenters. The number of anilines is 18. The van der Waals surface area contributed by atoms with Crippen LogP contribution in [0.4, 0.5) is 118 Å². The van der Waals surface area contributed by atoms with Crippen molar-refractivity contribution >= 4 is 144 Å². The van der Waals surface area contributed by atoms with Crippen LogP contribution in [0.15, 0.2) is 237 Å². The number of carbonyl (C=O) groups excluding carboxylic acids is 3. The van der Waals surface area contributed by atoms with Crippen LogP contribution in [0.1, 0.15) is 5.56 Å². The number of hydrogen-bond donors (Lipinski definition) is 6. The largest absolute Gasteiger partial charge is 0.497 e. The highest BCUT2D eigenvalue weighted by atomic mass is 35.5. The summed E-state index contributed by atoms with van der Waals surface area (Å²) in [6.07, 6.45) is 4.24. The van der Waals surface area contributed by atoms with Gasteiger partial charge >= 0.3 is 18.1 Å². The third kappa shape index (κ3) is 22.6. The van der Waals surface area contributed by atoms with Gasteiger partial charge in [-0.2, -0.15) is 0 Å². The Hall–Kier alpha value is -13.9. The van der Waals surface area contributed by atoms with Gasteiger partial charge in [0.25, 0.3) is 0 Å². The first-order valence-electron chi connectivity index (χ1n) is 39.8. The maximum atomic E-state index is 13.8. The summed E-state index contributed by atoms with van der Waals surface area (Å²) in [5.41, 5.74) is 10.1. The number of nitrogens with one attached hydrogen (secondary N) is 6. The molecule has 0 unspecified atom stereocenters. The number of benzene rings is 9. The van der Waals surface area contributed by atoms with Crippen molar-refractivity contribution in [3.05, 3.63) is 253 Å². The number of ether oxygens (including phenoxy) is 6. The van der Waals surface area contributed by atoms with E-state index in [1.54, 1.807) is 133 Å². The van der Waals surface area contributed by atoms with Crippen LogP contribution in [0, 0.1) is 6.92 Å². The third-order valence-electron chi connectivity index (χ3n) is 20.8. The van der Waals surface area contributed by atoms with E-state index in [-0.39, 0.29) is 0 Å². The Bertz CT molecular complexity index is 5330. The van der Waals surface area contributed by atoms with E-state index in [1.807, 2.05) is 104 Å². The van der Waals surface area contributed by atoms with Crippen molar-refractivity contribution in [3.63, 3.8) is 0 Å². The summed E-state index contributed by atoms with van der Waals surface area (Å²) >= 11 is 12.7. The molecular formula is C91H99Cl2N21O9. The van der Waals surface area contributed by atoms with Crippen molar-refractivity contribution in [1.82, 2.24) is 44.6 Å². The lowest BCUT2D eigenvalue weighted by Crippen LogP contribution is -2.44. The number of para-hydroxylation sites is 3. The minimum atomic E-state index is -0.484. The molecule has 30 nitrogen and oxygen atoms in total. The zero-order valence-corrected chi connectivity index (χ0v) is 71.7. The van der Waals surface area contributed by atoms with Gasteiger partial charge < -0.3 is 89.7 Å². The second kappa shape index (κ2) is 41.9. The molecule has 6 amide bonds. The lowest BCUT2D eigenvalue weighted by atomic mass is 10.2. The van der Waals surface area contributed by atoms with Crippen LogP contribution in [-0.4, -0.2) is 205 Å². The molecular weight excluding hydrogens is 1600 g/mol. The summed E-state index contributed by atoms with van der Waals surface area (Å²) in [5.74, 6) is 5.91. The van der Waals surface area contributed by atoms with Crippen molar-refractivity contribution < 1.29 is 42.8 Å². The van der Waals surface area contributed by atoms with E-state index < -0.39 is 18.1 Å². The lowest BCUT2D eigenvalue weighted by Gasteiger charge is -2.34. The Labute approximate surface area is 725 Å². The van der Waals surface area contributed by atoms with Gasteiger partial charge in [-0.05, 0) is 173 Å². The molecule has 636 valence electrons. The van der Waals surface area contributed by atoms with E-state index in [4.69, 9.17) is 51.6 Å². The number of aryl methyl sites for hydroxylation is 1. The average molecular weight is 1700 g/mol. The summed E-state index contributed by atoms with van der Waals surface area (Å²) < 4.78 is 32.8. The number of aromatic nitrogens is 6. The summed E-state index contributed by atoms with van der Waals surface area (Å²) in [5, 5.41) is 19.6. The quantitative estimate of drug-likeness (QED) is 0.0328. The van der Waals surface area contributed by atoms with Crippen LogP contribution in [0.5, 0.6) is 34.5 Å². The summed E-state index contributed by atoms with van der Waals surface area (Å²) in [6.45, 7) is 14.0. The molecule has 15 rings (SSSR count). The fourth-order valence-electron chi connectivity index (χ4n) is 13.8. The highest BCUT2D eigenvalue weighted by molar-refractivity contribution is 6.34. The van der Waals surface area contributed by atoms with E-state index in [1.165, 1.54) is 52.2 Å². The van der Waals surface area contributed by atoms with Gasteiger partial charge in [-0.15, -0.1) is 0 Å². The zero-order valence-electron chi connectivity index (χ0n) is 70.1. The molecule has 3 aliphatic rings. The van der Waals surface area contributed by atoms with Crippen molar-refractivity contribution in [2.75, 3.05) is 204 Å². The van der Waals surface area contributed by atoms with Crippen LogP contribution in [0.2, 0.25) is 10.0 Å². The number of amides is 6. The highest BCUT2D eigenvalue weighted by Crippen LogP contribution is 2.41. The van der Waals surface area contributed by atoms with Gasteiger partial charge in [0.05, 0.1) is 86.8 Å². The number of likely N-dealkylation sites (N-methyl/N-ethyl adjacent to an activating group) is 3. The third-order valence-corrected chi connectivity index (χ3v) is 21.5. The Morgan fingerprint density at radius 2 is 0.667 bits per heavy atom.